The van der Waals surface area contributed by atoms with E-state index in [-0.39, 0.29) is 0 Å². The van der Waals surface area contributed by atoms with Crippen LogP contribution in [0.4, 0.5) is 0 Å². The molecule has 27 heavy (non-hydrogen) atoms. The van der Waals surface area contributed by atoms with Crippen LogP contribution in [0.15, 0.2) is 22.6 Å². The summed E-state index contributed by atoms with van der Waals surface area (Å²) in [7, 11) is 0. The number of thioether (sulfide) groups is 1. The minimum Gasteiger partial charge on any atom is -0.300 e. The van der Waals surface area contributed by atoms with Crippen molar-refractivity contribution in [2.75, 3.05) is 5.75 Å². The Hall–Kier alpha value is -0.500. The molecule has 1 rings (SSSR count). The number of carbonyl (C=O) groups is 1. The van der Waals surface area contributed by atoms with Crippen molar-refractivity contribution in [3.63, 3.8) is 0 Å². The van der Waals surface area contributed by atoms with Gasteiger partial charge in [0.15, 0.2) is 0 Å². The van der Waals surface area contributed by atoms with E-state index in [4.69, 9.17) is 0 Å². The highest BCUT2D eigenvalue weighted by Crippen LogP contribution is 2.42. The summed E-state index contributed by atoms with van der Waals surface area (Å²) in [6.45, 7) is 8.70. The van der Waals surface area contributed by atoms with Crippen LogP contribution in [0, 0.1) is 11.8 Å². The second kappa shape index (κ2) is 15.4. The second-order valence-electron chi connectivity index (χ2n) is 8.48. The molecule has 0 N–H and O–H groups in total. The predicted octanol–water partition coefficient (Wildman–Crippen LogP) is 8.50. The highest BCUT2D eigenvalue weighted by Gasteiger charge is 2.23. The lowest BCUT2D eigenvalue weighted by atomic mass is 9.98. The normalized spacial score (nSPS) is 18.6. The molecule has 0 radical (unpaired) electrons. The third-order valence-corrected chi connectivity index (χ3v) is 7.07. The maximum atomic E-state index is 11.0. The summed E-state index contributed by atoms with van der Waals surface area (Å²) in [4.78, 5) is 12.7. The van der Waals surface area contributed by atoms with Crippen molar-refractivity contribution in [2.24, 2.45) is 11.8 Å². The fourth-order valence-electron chi connectivity index (χ4n) is 3.96. The first-order valence-corrected chi connectivity index (χ1v) is 12.6. The first-order valence-electron chi connectivity index (χ1n) is 11.6. The molecule has 0 amide bonds. The average molecular weight is 393 g/mol. The fourth-order valence-corrected chi connectivity index (χ4v) is 5.35. The van der Waals surface area contributed by atoms with E-state index in [1.165, 1.54) is 76.4 Å². The molecule has 1 aliphatic rings. The second-order valence-corrected chi connectivity index (χ2v) is 9.61. The van der Waals surface area contributed by atoms with Crippen molar-refractivity contribution in [3.05, 3.63) is 22.6 Å². The Morgan fingerprint density at radius 2 is 1.96 bits per heavy atom. The van der Waals surface area contributed by atoms with Crippen LogP contribution in [0.2, 0.25) is 0 Å². The molecule has 2 heteroatoms. The number of hydrogen-bond donors (Lipinski definition) is 0. The molecule has 0 aromatic carbocycles. The molecule has 1 nitrogen and oxygen atoms in total. The zero-order valence-corrected chi connectivity index (χ0v) is 19.3. The van der Waals surface area contributed by atoms with Gasteiger partial charge in [-0.15, -0.1) is 11.8 Å². The zero-order chi connectivity index (χ0) is 19.9. The minimum absolute atomic E-state index is 0.334. The Kier molecular flexibility index (Phi) is 14.0. The van der Waals surface area contributed by atoms with Gasteiger partial charge in [-0.3, -0.25) is 0 Å². The molecule has 0 spiro atoms. The molecule has 2 atom stereocenters. The van der Waals surface area contributed by atoms with E-state index in [1.54, 1.807) is 17.4 Å². The molecule has 0 saturated carbocycles. The van der Waals surface area contributed by atoms with Crippen LogP contribution in [0.25, 0.3) is 0 Å². The number of ketones is 1. The maximum absolute atomic E-state index is 11.0. The lowest BCUT2D eigenvalue weighted by molar-refractivity contribution is -0.117. The van der Waals surface area contributed by atoms with Gasteiger partial charge in [0.05, 0.1) is 0 Å². The summed E-state index contributed by atoms with van der Waals surface area (Å²) in [5, 5.41) is 0. The highest BCUT2D eigenvalue weighted by molar-refractivity contribution is 8.03. The van der Waals surface area contributed by atoms with Gasteiger partial charge >= 0.3 is 0 Å². The number of hydrogen-bond acceptors (Lipinski definition) is 2. The van der Waals surface area contributed by atoms with E-state index in [9.17, 15) is 4.79 Å². The van der Waals surface area contributed by atoms with E-state index in [0.29, 0.717) is 11.7 Å². The number of allylic oxidation sites excluding steroid dienone is 4. The van der Waals surface area contributed by atoms with Crippen molar-refractivity contribution < 1.29 is 4.79 Å². The van der Waals surface area contributed by atoms with Crippen molar-refractivity contribution in [2.45, 2.75) is 111 Å². The van der Waals surface area contributed by atoms with Crippen LogP contribution in [0.3, 0.4) is 0 Å². The lowest BCUT2D eigenvalue weighted by Crippen LogP contribution is -1.96. The summed E-state index contributed by atoms with van der Waals surface area (Å²) < 4.78 is 0. The first kappa shape index (κ1) is 24.5. The van der Waals surface area contributed by atoms with Crippen LogP contribution < -0.4 is 0 Å². The summed E-state index contributed by atoms with van der Waals surface area (Å²) >= 11 is 2.12. The van der Waals surface area contributed by atoms with E-state index in [2.05, 4.69) is 44.7 Å². The van der Waals surface area contributed by atoms with Gasteiger partial charge in [-0.25, -0.2) is 0 Å². The zero-order valence-electron chi connectivity index (χ0n) is 18.5. The molecule has 156 valence electrons. The quantitative estimate of drug-likeness (QED) is 0.193. The largest absolute Gasteiger partial charge is 0.300 e. The molecule has 0 aliphatic heterocycles. The van der Waals surface area contributed by atoms with Crippen molar-refractivity contribution in [1.29, 1.82) is 0 Å². The summed E-state index contributed by atoms with van der Waals surface area (Å²) in [5.74, 6) is 3.10. The Morgan fingerprint density at radius 3 is 2.67 bits per heavy atom. The van der Waals surface area contributed by atoms with Crippen LogP contribution in [0.5, 0.6) is 0 Å². The molecule has 0 heterocycles. The van der Waals surface area contributed by atoms with Gasteiger partial charge in [-0.2, -0.15) is 0 Å². The summed E-state index contributed by atoms with van der Waals surface area (Å²) in [6.07, 6.45) is 21.1. The van der Waals surface area contributed by atoms with Gasteiger partial charge in [0, 0.05) is 12.3 Å². The topological polar surface area (TPSA) is 17.1 Å². The molecule has 0 bridgehead atoms. The van der Waals surface area contributed by atoms with Gasteiger partial charge in [0.2, 0.25) is 0 Å². The predicted molar refractivity (Wildman–Crippen MR) is 123 cm³/mol. The summed E-state index contributed by atoms with van der Waals surface area (Å²) in [5.41, 5.74) is 1.73. The molecule has 2 unspecified atom stereocenters. The van der Waals surface area contributed by atoms with Gasteiger partial charge < -0.3 is 4.79 Å². The number of rotatable bonds is 16. The standard InChI is InChI=1S/C25H44OS/c1-5-7-14-21(3)15-10-11-17-24-19-18-23(13-6-2)25(24)27-20-12-8-9-16-22(4)26/h11,17,21,24H,5-10,12-16,18-20H2,1-4H3/b17-11+. The Bertz CT molecular complexity index is 463. The van der Waals surface area contributed by atoms with Gasteiger partial charge in [-0.05, 0) is 68.4 Å². The minimum atomic E-state index is 0.334. The lowest BCUT2D eigenvalue weighted by Gasteiger charge is -2.13. The molecule has 0 saturated heterocycles. The van der Waals surface area contributed by atoms with E-state index in [1.807, 2.05) is 0 Å². The van der Waals surface area contributed by atoms with Crippen LogP contribution in [-0.4, -0.2) is 11.5 Å². The SMILES string of the molecule is CCCCC(C)CC/C=C/C1CCC(CCC)=C1SCCCCCC(C)=O. The Labute approximate surface area is 173 Å². The highest BCUT2D eigenvalue weighted by atomic mass is 32.2. The van der Waals surface area contributed by atoms with Crippen LogP contribution in [-0.2, 0) is 4.79 Å². The average Bonchev–Trinajstić information content (AvgIpc) is 3.01. The van der Waals surface area contributed by atoms with Gasteiger partial charge in [0.1, 0.15) is 5.78 Å². The fraction of sp³-hybridized carbons (Fsp3) is 0.800. The molecule has 0 fully saturated rings. The van der Waals surface area contributed by atoms with Crippen molar-refractivity contribution >= 4 is 17.5 Å². The smallest absolute Gasteiger partial charge is 0.129 e. The van der Waals surface area contributed by atoms with Gasteiger partial charge in [0.25, 0.3) is 0 Å². The molecule has 0 aromatic heterocycles. The maximum Gasteiger partial charge on any atom is 0.129 e. The molecule has 1 aliphatic carbocycles. The molecule has 0 aromatic rings. The van der Waals surface area contributed by atoms with Crippen LogP contribution in [0.1, 0.15) is 111 Å². The summed E-state index contributed by atoms with van der Waals surface area (Å²) in [6, 6.07) is 0. The molecular formula is C25H44OS. The monoisotopic (exact) mass is 392 g/mol. The van der Waals surface area contributed by atoms with Crippen molar-refractivity contribution in [1.82, 2.24) is 0 Å². The van der Waals surface area contributed by atoms with Crippen molar-refractivity contribution in [3.8, 4) is 0 Å². The number of carbonyl (C=O) groups excluding carboxylic acids is 1. The number of Topliss-reactive ketones (excluding diaryl/α,β-unsaturated/α-hetero) is 1. The molecular weight excluding hydrogens is 348 g/mol. The van der Waals surface area contributed by atoms with E-state index >= 15 is 0 Å². The third-order valence-electron chi connectivity index (χ3n) is 5.67. The van der Waals surface area contributed by atoms with E-state index in [0.717, 1.165) is 18.8 Å². The Morgan fingerprint density at radius 1 is 1.15 bits per heavy atom. The Balaban J connectivity index is 2.40. The van der Waals surface area contributed by atoms with E-state index < -0.39 is 0 Å². The van der Waals surface area contributed by atoms with Gasteiger partial charge in [-0.1, -0.05) is 70.6 Å². The number of unbranched alkanes of at least 4 members (excludes halogenated alkanes) is 3. The first-order chi connectivity index (χ1) is 13.1. The third kappa shape index (κ3) is 11.2. The van der Waals surface area contributed by atoms with Crippen LogP contribution >= 0.6 is 11.8 Å².